The predicted octanol–water partition coefficient (Wildman–Crippen LogP) is 4.16. The fraction of sp³-hybridized carbons (Fsp3) is 0.133. The minimum atomic E-state index is -0.190. The molecule has 0 spiro atoms. The van der Waals surface area contributed by atoms with E-state index in [2.05, 4.69) is 0 Å². The van der Waals surface area contributed by atoms with Crippen molar-refractivity contribution < 1.29 is 4.79 Å². The number of benzene rings is 2. The van der Waals surface area contributed by atoms with Crippen molar-refractivity contribution in [3.05, 3.63) is 57.6 Å². The van der Waals surface area contributed by atoms with Gasteiger partial charge in [0, 0.05) is 22.7 Å². The van der Waals surface area contributed by atoms with Crippen LogP contribution in [0.15, 0.2) is 36.4 Å². The number of carbonyl (C=O) groups excluding carboxylic acids is 1. The number of hydrogen-bond donors (Lipinski definition) is 1. The van der Waals surface area contributed by atoms with Gasteiger partial charge >= 0.3 is 0 Å². The molecule has 0 atom stereocenters. The molecule has 20 heavy (non-hydrogen) atoms. The molecule has 2 aromatic rings. The Morgan fingerprint density at radius 3 is 2.45 bits per heavy atom. The zero-order chi connectivity index (χ0) is 14.9. The van der Waals surface area contributed by atoms with Crippen molar-refractivity contribution in [3.63, 3.8) is 0 Å². The van der Waals surface area contributed by atoms with Crippen molar-refractivity contribution in [2.75, 3.05) is 17.7 Å². The highest BCUT2D eigenvalue weighted by Crippen LogP contribution is 2.27. The van der Waals surface area contributed by atoms with Crippen molar-refractivity contribution in [2.24, 2.45) is 0 Å². The van der Waals surface area contributed by atoms with E-state index in [9.17, 15) is 4.79 Å². The second kappa shape index (κ2) is 5.73. The molecule has 0 bridgehead atoms. The van der Waals surface area contributed by atoms with Crippen LogP contribution in [0.5, 0.6) is 0 Å². The molecular formula is C15H14Cl2N2O. The van der Waals surface area contributed by atoms with Crippen molar-refractivity contribution in [1.29, 1.82) is 0 Å². The van der Waals surface area contributed by atoms with Gasteiger partial charge in [0.15, 0.2) is 0 Å². The second-order valence-electron chi connectivity index (χ2n) is 4.58. The van der Waals surface area contributed by atoms with Gasteiger partial charge in [-0.2, -0.15) is 0 Å². The van der Waals surface area contributed by atoms with Crippen LogP contribution in [0.2, 0.25) is 10.0 Å². The molecular weight excluding hydrogens is 295 g/mol. The minimum absolute atomic E-state index is 0.190. The van der Waals surface area contributed by atoms with Gasteiger partial charge in [0.2, 0.25) is 0 Å². The smallest absolute Gasteiger partial charge is 0.258 e. The van der Waals surface area contributed by atoms with Gasteiger partial charge in [-0.25, -0.2) is 0 Å². The summed E-state index contributed by atoms with van der Waals surface area (Å²) in [7, 11) is 1.65. The van der Waals surface area contributed by atoms with Crippen LogP contribution < -0.4 is 10.6 Å². The van der Waals surface area contributed by atoms with Crippen molar-refractivity contribution in [3.8, 4) is 0 Å². The topological polar surface area (TPSA) is 46.3 Å². The van der Waals surface area contributed by atoms with Gasteiger partial charge in [0.05, 0.1) is 11.4 Å². The molecule has 0 saturated heterocycles. The van der Waals surface area contributed by atoms with Crippen molar-refractivity contribution in [2.45, 2.75) is 6.92 Å². The lowest BCUT2D eigenvalue weighted by molar-refractivity contribution is 0.0993. The summed E-state index contributed by atoms with van der Waals surface area (Å²) in [6.45, 7) is 1.89. The molecule has 1 amide bonds. The highest BCUT2D eigenvalue weighted by molar-refractivity contribution is 6.31. The van der Waals surface area contributed by atoms with E-state index >= 15 is 0 Å². The molecule has 3 nitrogen and oxygen atoms in total. The summed E-state index contributed by atoms with van der Waals surface area (Å²) >= 11 is 11.9. The lowest BCUT2D eigenvalue weighted by atomic mass is 10.1. The van der Waals surface area contributed by atoms with E-state index < -0.39 is 0 Å². The number of anilines is 2. The van der Waals surface area contributed by atoms with Gasteiger partial charge in [0.1, 0.15) is 0 Å². The molecule has 0 fully saturated rings. The Bertz CT molecular complexity index is 651. The Morgan fingerprint density at radius 2 is 1.80 bits per heavy atom. The maximum Gasteiger partial charge on any atom is 0.258 e. The van der Waals surface area contributed by atoms with Crippen LogP contribution in [0.3, 0.4) is 0 Å². The molecule has 0 aromatic heterocycles. The van der Waals surface area contributed by atoms with E-state index in [0.29, 0.717) is 27.0 Å². The first kappa shape index (κ1) is 14.7. The standard InChI is InChI=1S/C15H14Cl2N2O/c1-9-5-10(7-12(17)6-9)15(20)19(2)14-8-11(16)3-4-13(14)18/h3-8H,18H2,1-2H3. The zero-order valence-electron chi connectivity index (χ0n) is 11.2. The Hall–Kier alpha value is -1.71. The number of hydrogen-bond acceptors (Lipinski definition) is 2. The van der Waals surface area contributed by atoms with E-state index in [4.69, 9.17) is 28.9 Å². The molecule has 0 heterocycles. The molecule has 2 aromatic carbocycles. The normalized spacial score (nSPS) is 10.4. The van der Waals surface area contributed by atoms with Crippen molar-refractivity contribution in [1.82, 2.24) is 0 Å². The van der Waals surface area contributed by atoms with Crippen molar-refractivity contribution >= 4 is 40.5 Å². The first-order valence-electron chi connectivity index (χ1n) is 5.99. The Kier molecular flexibility index (Phi) is 4.21. The van der Waals surface area contributed by atoms with Crippen LogP contribution in [0.1, 0.15) is 15.9 Å². The first-order valence-corrected chi connectivity index (χ1v) is 6.74. The van der Waals surface area contributed by atoms with Crippen LogP contribution in [0, 0.1) is 6.92 Å². The molecule has 0 aliphatic heterocycles. The number of aryl methyl sites for hydroxylation is 1. The maximum atomic E-state index is 12.5. The molecule has 5 heteroatoms. The number of nitrogen functional groups attached to an aromatic ring is 1. The summed E-state index contributed by atoms with van der Waals surface area (Å²) in [6, 6.07) is 10.2. The molecule has 2 rings (SSSR count). The van der Waals surface area contributed by atoms with Gasteiger partial charge in [-0.05, 0) is 48.9 Å². The van der Waals surface area contributed by atoms with E-state index in [1.54, 1.807) is 43.4 Å². The SMILES string of the molecule is Cc1cc(Cl)cc(C(=O)N(C)c2cc(Cl)ccc2N)c1. The third kappa shape index (κ3) is 3.06. The maximum absolute atomic E-state index is 12.5. The Morgan fingerprint density at radius 1 is 1.10 bits per heavy atom. The minimum Gasteiger partial charge on any atom is -0.397 e. The number of nitrogens with two attached hydrogens (primary N) is 1. The third-order valence-electron chi connectivity index (χ3n) is 2.95. The highest BCUT2D eigenvalue weighted by Gasteiger charge is 2.16. The monoisotopic (exact) mass is 308 g/mol. The van der Waals surface area contributed by atoms with Crippen LogP contribution >= 0.6 is 23.2 Å². The third-order valence-corrected chi connectivity index (χ3v) is 3.40. The summed E-state index contributed by atoms with van der Waals surface area (Å²) in [5.74, 6) is -0.190. The molecule has 0 aliphatic carbocycles. The number of rotatable bonds is 2. The number of carbonyl (C=O) groups is 1. The number of amides is 1. The highest BCUT2D eigenvalue weighted by atomic mass is 35.5. The number of nitrogens with zero attached hydrogens (tertiary/aromatic N) is 1. The van der Waals surface area contributed by atoms with E-state index in [1.807, 2.05) is 6.92 Å². The van der Waals surface area contributed by atoms with Crippen LogP contribution in [-0.4, -0.2) is 13.0 Å². The van der Waals surface area contributed by atoms with Crippen LogP contribution in [0.25, 0.3) is 0 Å². The Balaban J connectivity index is 2.39. The lowest BCUT2D eigenvalue weighted by Gasteiger charge is -2.20. The fourth-order valence-corrected chi connectivity index (χ4v) is 2.43. The summed E-state index contributed by atoms with van der Waals surface area (Å²) < 4.78 is 0. The van der Waals surface area contributed by atoms with Crippen LogP contribution in [-0.2, 0) is 0 Å². The van der Waals surface area contributed by atoms with E-state index in [-0.39, 0.29) is 5.91 Å². The Labute approximate surface area is 127 Å². The number of halogens is 2. The predicted molar refractivity (Wildman–Crippen MR) is 84.8 cm³/mol. The quantitative estimate of drug-likeness (QED) is 0.847. The average Bonchev–Trinajstić information content (AvgIpc) is 2.38. The van der Waals surface area contributed by atoms with Crippen LogP contribution in [0.4, 0.5) is 11.4 Å². The summed E-state index contributed by atoms with van der Waals surface area (Å²) in [5, 5.41) is 1.05. The molecule has 0 saturated carbocycles. The van der Waals surface area contributed by atoms with Gasteiger partial charge in [-0.3, -0.25) is 4.79 Å². The molecule has 2 N–H and O–H groups in total. The molecule has 104 valence electrons. The summed E-state index contributed by atoms with van der Waals surface area (Å²) in [6.07, 6.45) is 0. The largest absolute Gasteiger partial charge is 0.397 e. The lowest BCUT2D eigenvalue weighted by Crippen LogP contribution is -2.27. The van der Waals surface area contributed by atoms with Gasteiger partial charge in [0.25, 0.3) is 5.91 Å². The van der Waals surface area contributed by atoms with E-state index in [1.165, 1.54) is 4.90 Å². The first-order chi connectivity index (χ1) is 9.38. The average molecular weight is 309 g/mol. The van der Waals surface area contributed by atoms with E-state index in [0.717, 1.165) is 5.56 Å². The van der Waals surface area contributed by atoms with Gasteiger partial charge in [-0.15, -0.1) is 0 Å². The molecule has 0 aliphatic rings. The van der Waals surface area contributed by atoms with Gasteiger partial charge in [-0.1, -0.05) is 23.2 Å². The molecule has 0 radical (unpaired) electrons. The zero-order valence-corrected chi connectivity index (χ0v) is 12.7. The summed E-state index contributed by atoms with van der Waals surface area (Å²) in [5.41, 5.74) is 8.38. The fourth-order valence-electron chi connectivity index (χ4n) is 1.97. The van der Waals surface area contributed by atoms with Gasteiger partial charge < -0.3 is 10.6 Å². The second-order valence-corrected chi connectivity index (χ2v) is 5.46. The summed E-state index contributed by atoms with van der Waals surface area (Å²) in [4.78, 5) is 13.9. The molecule has 0 unspecified atom stereocenters.